The maximum atomic E-state index is 13.0. The number of fused-ring (bicyclic) bond motifs is 2. The van der Waals surface area contributed by atoms with Crippen molar-refractivity contribution in [1.29, 1.82) is 0 Å². The lowest BCUT2D eigenvalue weighted by Crippen LogP contribution is -2.52. The van der Waals surface area contributed by atoms with Crippen LogP contribution in [-0.4, -0.2) is 35.7 Å². The normalized spacial score (nSPS) is 15.4. The van der Waals surface area contributed by atoms with Gasteiger partial charge in [0.05, 0.1) is 18.4 Å². The number of rotatable bonds is 3. The number of carbonyl (C=O) groups is 2. The minimum absolute atomic E-state index is 0.0440. The molecule has 1 atom stereocenters. The first-order valence-electron chi connectivity index (χ1n) is 8.14. The van der Waals surface area contributed by atoms with Gasteiger partial charge in [-0.2, -0.15) is 13.2 Å². The van der Waals surface area contributed by atoms with Crippen LogP contribution < -0.4 is 14.8 Å². The minimum atomic E-state index is -5.21. The van der Waals surface area contributed by atoms with Crippen LogP contribution in [0.2, 0.25) is 0 Å². The fourth-order valence-corrected chi connectivity index (χ4v) is 2.69. The Balaban J connectivity index is 2.11. The molecule has 148 valence electrons. The van der Waals surface area contributed by atoms with Crippen molar-refractivity contribution in [3.05, 3.63) is 53.1 Å². The molecule has 0 bridgehead atoms. The van der Waals surface area contributed by atoms with Gasteiger partial charge in [0.25, 0.3) is 5.91 Å². The molecule has 2 N–H and O–H groups in total. The first-order valence-corrected chi connectivity index (χ1v) is 8.14. The summed E-state index contributed by atoms with van der Waals surface area (Å²) in [6.07, 6.45) is -5.21. The van der Waals surface area contributed by atoms with E-state index in [1.165, 1.54) is 19.2 Å². The number of alkyl halides is 3. The summed E-state index contributed by atoms with van der Waals surface area (Å²) >= 11 is 0. The number of halogens is 3. The molecule has 1 aliphatic rings. The minimum Gasteiger partial charge on any atom is -0.497 e. The highest BCUT2D eigenvalue weighted by molar-refractivity contribution is 6.17. The van der Waals surface area contributed by atoms with Gasteiger partial charge in [-0.1, -0.05) is 24.3 Å². The second-order valence-electron chi connectivity index (χ2n) is 6.35. The van der Waals surface area contributed by atoms with E-state index >= 15 is 0 Å². The summed E-state index contributed by atoms with van der Waals surface area (Å²) in [5.41, 5.74) is -3.16. The average Bonchev–Trinajstić information content (AvgIpc) is 2.78. The molecule has 0 aromatic heterocycles. The van der Waals surface area contributed by atoms with E-state index in [1.807, 2.05) is 5.32 Å². The summed E-state index contributed by atoms with van der Waals surface area (Å²) < 4.78 is 49.7. The maximum Gasteiger partial charge on any atom is 0.426 e. The number of anilines is 1. The molecule has 1 heterocycles. The number of benzene rings is 2. The molecule has 0 saturated carbocycles. The van der Waals surface area contributed by atoms with Crippen molar-refractivity contribution in [3.63, 3.8) is 0 Å². The van der Waals surface area contributed by atoms with Gasteiger partial charge >= 0.3 is 6.18 Å². The van der Waals surface area contributed by atoms with Crippen molar-refractivity contribution in [3.8, 4) is 11.5 Å². The highest BCUT2D eigenvalue weighted by Gasteiger charge is 2.56. The Kier molecular flexibility index (Phi) is 4.80. The van der Waals surface area contributed by atoms with E-state index in [0.29, 0.717) is 18.1 Å². The Hall–Kier alpha value is -3.07. The largest absolute Gasteiger partial charge is 0.497 e. The number of methoxy groups -OCH3 is 1. The molecule has 1 unspecified atom stereocenters. The third kappa shape index (κ3) is 3.29. The number of ether oxygens (including phenoxy) is 2. The van der Waals surface area contributed by atoms with Crippen molar-refractivity contribution in [2.75, 3.05) is 12.4 Å². The third-order valence-electron chi connectivity index (χ3n) is 4.43. The van der Waals surface area contributed by atoms with E-state index in [0.717, 1.165) is 0 Å². The molecule has 2 aromatic carbocycles. The Morgan fingerprint density at radius 1 is 1.25 bits per heavy atom. The zero-order valence-electron chi connectivity index (χ0n) is 14.9. The second kappa shape index (κ2) is 6.83. The standard InChI is InChI=1S/C19H16F3NO5/c1-18(26,19(20,21)22)17(25)23-13-7-11(27-2)8-14-15(13)16(24)12-6-4-3-5-10(12)9-28-14/h3-8,26H,9H2,1-2H3,(H,23,25). The Bertz CT molecular complexity index is 953. The molecule has 0 saturated heterocycles. The van der Waals surface area contributed by atoms with Crippen molar-refractivity contribution in [2.45, 2.75) is 25.3 Å². The molecule has 28 heavy (non-hydrogen) atoms. The molecule has 0 fully saturated rings. The Labute approximate surface area is 157 Å². The molecule has 2 aromatic rings. The van der Waals surface area contributed by atoms with E-state index in [4.69, 9.17) is 9.47 Å². The van der Waals surface area contributed by atoms with Gasteiger partial charge in [0, 0.05) is 23.3 Å². The second-order valence-corrected chi connectivity index (χ2v) is 6.35. The van der Waals surface area contributed by atoms with E-state index in [-0.39, 0.29) is 29.4 Å². The lowest BCUT2D eigenvalue weighted by molar-refractivity contribution is -0.242. The molecule has 0 spiro atoms. The van der Waals surface area contributed by atoms with Gasteiger partial charge in [-0.05, 0) is 6.92 Å². The average molecular weight is 395 g/mol. The van der Waals surface area contributed by atoms with E-state index in [9.17, 15) is 27.9 Å². The van der Waals surface area contributed by atoms with Gasteiger partial charge in [-0.25, -0.2) is 0 Å². The molecule has 0 aliphatic carbocycles. The van der Waals surface area contributed by atoms with Gasteiger partial charge in [0.2, 0.25) is 5.60 Å². The monoisotopic (exact) mass is 395 g/mol. The summed E-state index contributed by atoms with van der Waals surface area (Å²) in [6.45, 7) is 0.379. The number of ketones is 1. The smallest absolute Gasteiger partial charge is 0.426 e. The van der Waals surface area contributed by atoms with Crippen LogP contribution in [0, 0.1) is 0 Å². The Morgan fingerprint density at radius 2 is 1.93 bits per heavy atom. The quantitative estimate of drug-likeness (QED) is 0.835. The van der Waals surface area contributed by atoms with Gasteiger partial charge in [-0.3, -0.25) is 9.59 Å². The van der Waals surface area contributed by atoms with Gasteiger partial charge in [-0.15, -0.1) is 0 Å². The third-order valence-corrected chi connectivity index (χ3v) is 4.43. The highest BCUT2D eigenvalue weighted by Crippen LogP contribution is 2.38. The van der Waals surface area contributed by atoms with E-state index in [1.54, 1.807) is 24.3 Å². The summed E-state index contributed by atoms with van der Waals surface area (Å²) in [6, 6.07) is 9.18. The van der Waals surface area contributed by atoms with Crippen LogP contribution in [0.5, 0.6) is 11.5 Å². The fourth-order valence-electron chi connectivity index (χ4n) is 2.69. The number of hydrogen-bond donors (Lipinski definition) is 2. The van der Waals surface area contributed by atoms with Crippen LogP contribution in [0.25, 0.3) is 0 Å². The van der Waals surface area contributed by atoms with Crippen LogP contribution >= 0.6 is 0 Å². The van der Waals surface area contributed by atoms with Crippen LogP contribution in [-0.2, 0) is 11.4 Å². The van der Waals surface area contributed by atoms with Crippen LogP contribution in [0.4, 0.5) is 18.9 Å². The molecule has 0 radical (unpaired) electrons. The zero-order chi connectivity index (χ0) is 20.7. The number of nitrogens with one attached hydrogen (secondary N) is 1. The van der Waals surface area contributed by atoms with Gasteiger partial charge in [0.15, 0.2) is 5.78 Å². The number of hydrogen-bond acceptors (Lipinski definition) is 5. The van der Waals surface area contributed by atoms with Crippen LogP contribution in [0.3, 0.4) is 0 Å². The summed E-state index contributed by atoms with van der Waals surface area (Å²) in [7, 11) is 1.31. The zero-order valence-corrected chi connectivity index (χ0v) is 14.9. The van der Waals surface area contributed by atoms with Gasteiger partial charge in [0.1, 0.15) is 18.1 Å². The fraction of sp³-hybridized carbons (Fsp3) is 0.263. The molecule has 9 heteroatoms. The summed E-state index contributed by atoms with van der Waals surface area (Å²) in [5.74, 6) is -2.07. The molecule has 1 aliphatic heterocycles. The number of aliphatic hydroxyl groups is 1. The molecule has 6 nitrogen and oxygen atoms in total. The highest BCUT2D eigenvalue weighted by atomic mass is 19.4. The van der Waals surface area contributed by atoms with Gasteiger partial charge < -0.3 is 19.9 Å². The molecular formula is C19H16F3NO5. The lowest BCUT2D eigenvalue weighted by atomic mass is 9.97. The van der Waals surface area contributed by atoms with Crippen LogP contribution in [0.15, 0.2) is 36.4 Å². The molecular weight excluding hydrogens is 379 g/mol. The first-order chi connectivity index (χ1) is 13.1. The van der Waals surface area contributed by atoms with Crippen molar-refractivity contribution < 1.29 is 37.3 Å². The lowest BCUT2D eigenvalue weighted by Gasteiger charge is -2.25. The topological polar surface area (TPSA) is 84.9 Å². The predicted molar refractivity (Wildman–Crippen MR) is 92.5 cm³/mol. The number of amides is 1. The van der Waals surface area contributed by atoms with E-state index < -0.39 is 23.5 Å². The maximum absolute atomic E-state index is 13.0. The Morgan fingerprint density at radius 3 is 2.57 bits per heavy atom. The number of carbonyl (C=O) groups excluding carboxylic acids is 2. The molecule has 3 rings (SSSR count). The summed E-state index contributed by atoms with van der Waals surface area (Å²) in [5, 5.41) is 11.6. The van der Waals surface area contributed by atoms with Crippen LogP contribution in [0.1, 0.15) is 28.4 Å². The predicted octanol–water partition coefficient (Wildman–Crippen LogP) is 3.07. The SMILES string of the molecule is COc1cc(NC(=O)C(C)(O)C(F)(F)F)c2c(c1)OCc1ccccc1C2=O. The van der Waals surface area contributed by atoms with Crippen molar-refractivity contribution >= 4 is 17.4 Å². The summed E-state index contributed by atoms with van der Waals surface area (Å²) in [4.78, 5) is 25.2. The molecule has 1 amide bonds. The van der Waals surface area contributed by atoms with E-state index in [2.05, 4.69) is 0 Å². The first kappa shape index (κ1) is 19.7. The van der Waals surface area contributed by atoms with Crippen molar-refractivity contribution in [1.82, 2.24) is 0 Å². The van der Waals surface area contributed by atoms with Crippen molar-refractivity contribution in [2.24, 2.45) is 0 Å².